The molecule has 3 aromatic heterocycles. The maximum absolute atomic E-state index is 12.0. The number of nitrogens with one attached hydrogen (secondary N) is 2. The number of hydrogen-bond donors (Lipinski definition) is 2. The number of fused-ring (bicyclic) bond motifs is 1. The molecule has 0 radical (unpaired) electrons. The van der Waals surface area contributed by atoms with Crippen LogP contribution in [0, 0.1) is 11.3 Å². The van der Waals surface area contributed by atoms with E-state index in [1.807, 2.05) is 6.07 Å². The first-order valence-electron chi connectivity index (χ1n) is 7.01. The molecule has 0 saturated carbocycles. The van der Waals surface area contributed by atoms with Gasteiger partial charge in [0.05, 0.1) is 12.3 Å². The van der Waals surface area contributed by atoms with Crippen LogP contribution in [0.1, 0.15) is 18.2 Å². The molecule has 0 aromatic carbocycles. The Kier molecular flexibility index (Phi) is 4.96. The van der Waals surface area contributed by atoms with Gasteiger partial charge in [0.15, 0.2) is 9.99 Å². The van der Waals surface area contributed by atoms with Crippen LogP contribution in [0.5, 0.6) is 0 Å². The van der Waals surface area contributed by atoms with Gasteiger partial charge in [0.2, 0.25) is 5.13 Å². The molecule has 0 unspecified atom stereocenters. The highest BCUT2D eigenvalue weighted by molar-refractivity contribution is 8.00. The topological polar surface area (TPSA) is 138 Å². The standard InChI is InChI=1S/C13H11N7O3S2/c1-2-23-12(22)17-11-18-19-13(25-11)24-6-8-3-9(21)20-10(16-8)7(4-14)5-15-20/h3,5,15H,2,6H2,1H3,(H,17,18,22). The summed E-state index contributed by atoms with van der Waals surface area (Å²) in [6.45, 7) is 1.97. The first-order valence-corrected chi connectivity index (χ1v) is 8.81. The first kappa shape index (κ1) is 16.9. The zero-order chi connectivity index (χ0) is 17.8. The van der Waals surface area contributed by atoms with Crippen molar-refractivity contribution in [3.63, 3.8) is 0 Å². The van der Waals surface area contributed by atoms with Crippen LogP contribution in [-0.2, 0) is 10.5 Å². The van der Waals surface area contributed by atoms with Gasteiger partial charge >= 0.3 is 6.09 Å². The van der Waals surface area contributed by atoms with Gasteiger partial charge < -0.3 is 4.74 Å². The van der Waals surface area contributed by atoms with E-state index in [4.69, 9.17) is 10.00 Å². The van der Waals surface area contributed by atoms with Gasteiger partial charge in [0.1, 0.15) is 11.6 Å². The van der Waals surface area contributed by atoms with E-state index in [1.54, 1.807) is 6.92 Å². The Morgan fingerprint density at radius 2 is 2.40 bits per heavy atom. The largest absolute Gasteiger partial charge is 0.450 e. The molecule has 10 nitrogen and oxygen atoms in total. The number of carbonyl (C=O) groups excluding carboxylic acids is 1. The minimum absolute atomic E-state index is 0.264. The summed E-state index contributed by atoms with van der Waals surface area (Å²) in [5.41, 5.74) is 0.790. The highest BCUT2D eigenvalue weighted by atomic mass is 32.2. The van der Waals surface area contributed by atoms with Gasteiger partial charge in [-0.05, 0) is 6.92 Å². The number of rotatable bonds is 5. The predicted molar refractivity (Wildman–Crippen MR) is 90.6 cm³/mol. The van der Waals surface area contributed by atoms with Crippen LogP contribution in [0.25, 0.3) is 5.65 Å². The lowest BCUT2D eigenvalue weighted by molar-refractivity contribution is 0.168. The Hall–Kier alpha value is -2.91. The fourth-order valence-corrected chi connectivity index (χ4v) is 3.52. The molecular formula is C13H11N7O3S2. The van der Waals surface area contributed by atoms with Gasteiger partial charge in [-0.2, -0.15) is 5.26 Å². The summed E-state index contributed by atoms with van der Waals surface area (Å²) in [6, 6.07) is 3.36. The molecule has 0 aliphatic rings. The number of nitrogens with zero attached hydrogens (tertiary/aromatic N) is 5. The Morgan fingerprint density at radius 3 is 3.16 bits per heavy atom. The van der Waals surface area contributed by atoms with Gasteiger partial charge in [0, 0.05) is 18.0 Å². The number of aromatic amines is 1. The summed E-state index contributed by atoms with van der Waals surface area (Å²) < 4.78 is 6.57. The van der Waals surface area contributed by atoms with E-state index in [0.29, 0.717) is 26.5 Å². The fourth-order valence-electron chi connectivity index (χ4n) is 1.89. The minimum atomic E-state index is -0.591. The first-order chi connectivity index (χ1) is 12.1. The zero-order valence-electron chi connectivity index (χ0n) is 12.8. The number of hydrogen-bond acceptors (Lipinski definition) is 9. The van der Waals surface area contributed by atoms with Crippen molar-refractivity contribution in [1.82, 2.24) is 24.8 Å². The van der Waals surface area contributed by atoms with Crippen LogP contribution in [0.15, 0.2) is 21.4 Å². The van der Waals surface area contributed by atoms with Crippen LogP contribution >= 0.6 is 23.1 Å². The van der Waals surface area contributed by atoms with Gasteiger partial charge in [-0.15, -0.1) is 10.2 Å². The maximum atomic E-state index is 12.0. The lowest BCUT2D eigenvalue weighted by Gasteiger charge is -2.00. The molecule has 3 heterocycles. The number of nitriles is 1. The molecule has 3 aromatic rings. The number of thioether (sulfide) groups is 1. The second kappa shape index (κ2) is 7.32. The fraction of sp³-hybridized carbons (Fsp3) is 0.231. The van der Waals surface area contributed by atoms with Crippen LogP contribution in [0.2, 0.25) is 0 Å². The van der Waals surface area contributed by atoms with Gasteiger partial charge in [-0.1, -0.05) is 23.1 Å². The van der Waals surface area contributed by atoms with E-state index in [-0.39, 0.29) is 17.8 Å². The minimum Gasteiger partial charge on any atom is -0.450 e. The lowest BCUT2D eigenvalue weighted by atomic mass is 10.3. The molecule has 3 rings (SSSR count). The third-order valence-corrected chi connectivity index (χ3v) is 4.91. The second-order valence-corrected chi connectivity index (χ2v) is 6.75. The lowest BCUT2D eigenvalue weighted by Crippen LogP contribution is -2.15. The van der Waals surface area contributed by atoms with Crippen LogP contribution in [0.3, 0.4) is 0 Å². The molecule has 0 aliphatic carbocycles. The van der Waals surface area contributed by atoms with Crippen molar-refractivity contribution in [2.24, 2.45) is 0 Å². The highest BCUT2D eigenvalue weighted by Crippen LogP contribution is 2.27. The van der Waals surface area contributed by atoms with Gasteiger partial charge in [0.25, 0.3) is 5.56 Å². The van der Waals surface area contributed by atoms with Gasteiger partial charge in [-0.3, -0.25) is 15.2 Å². The van der Waals surface area contributed by atoms with Crippen molar-refractivity contribution in [2.75, 3.05) is 11.9 Å². The molecule has 2 N–H and O–H groups in total. The number of amides is 1. The van der Waals surface area contributed by atoms with Crippen LogP contribution in [0.4, 0.5) is 9.93 Å². The quantitative estimate of drug-likeness (QED) is 0.505. The summed E-state index contributed by atoms with van der Waals surface area (Å²) in [6.07, 6.45) is 0.838. The number of anilines is 1. The smallest absolute Gasteiger partial charge is 0.413 e. The highest BCUT2D eigenvalue weighted by Gasteiger charge is 2.12. The van der Waals surface area contributed by atoms with E-state index in [1.165, 1.54) is 39.9 Å². The SMILES string of the molecule is CCOC(=O)Nc1nnc(SCc2cc(=O)n3[nH]cc(C#N)c3n2)s1. The van der Waals surface area contributed by atoms with Crippen molar-refractivity contribution in [2.45, 2.75) is 17.0 Å². The average Bonchev–Trinajstić information content (AvgIpc) is 3.20. The third-order valence-electron chi connectivity index (χ3n) is 2.91. The summed E-state index contributed by atoms with van der Waals surface area (Å²) in [4.78, 5) is 27.7. The molecule has 128 valence electrons. The van der Waals surface area contributed by atoms with E-state index < -0.39 is 6.09 Å². The number of H-pyrrole nitrogens is 1. The predicted octanol–water partition coefficient (Wildman–Crippen LogP) is 1.61. The molecule has 25 heavy (non-hydrogen) atoms. The van der Waals surface area contributed by atoms with Crippen molar-refractivity contribution >= 4 is 40.0 Å². The van der Waals surface area contributed by atoms with Crippen LogP contribution < -0.4 is 10.9 Å². The van der Waals surface area contributed by atoms with E-state index in [9.17, 15) is 9.59 Å². The second-order valence-electron chi connectivity index (χ2n) is 4.55. The van der Waals surface area contributed by atoms with E-state index >= 15 is 0 Å². The van der Waals surface area contributed by atoms with E-state index in [0.717, 1.165) is 0 Å². The molecule has 0 aliphatic heterocycles. The Morgan fingerprint density at radius 1 is 1.56 bits per heavy atom. The zero-order valence-corrected chi connectivity index (χ0v) is 14.5. The molecule has 0 fully saturated rings. The molecule has 1 amide bonds. The third kappa shape index (κ3) is 3.78. The van der Waals surface area contributed by atoms with Crippen molar-refractivity contribution in [1.29, 1.82) is 5.26 Å². The molecule has 0 bridgehead atoms. The normalized spacial score (nSPS) is 10.6. The monoisotopic (exact) mass is 377 g/mol. The van der Waals surface area contributed by atoms with Crippen molar-refractivity contribution in [3.8, 4) is 6.07 Å². The number of ether oxygens (including phenoxy) is 1. The maximum Gasteiger partial charge on any atom is 0.413 e. The average molecular weight is 377 g/mol. The van der Waals surface area contributed by atoms with Crippen LogP contribution in [-0.4, -0.2) is 37.5 Å². The summed E-state index contributed by atoms with van der Waals surface area (Å²) in [5.74, 6) is 0.371. The molecule has 0 spiro atoms. The van der Waals surface area contributed by atoms with E-state index in [2.05, 4.69) is 25.6 Å². The molecule has 0 saturated heterocycles. The summed E-state index contributed by atoms with van der Waals surface area (Å²) in [5, 5.41) is 22.3. The van der Waals surface area contributed by atoms with Gasteiger partial charge in [-0.25, -0.2) is 14.3 Å². The Labute approximate surface area is 148 Å². The summed E-state index contributed by atoms with van der Waals surface area (Å²) in [7, 11) is 0. The number of carbonyl (C=O) groups is 1. The van der Waals surface area contributed by atoms with Crippen molar-refractivity contribution in [3.05, 3.63) is 33.9 Å². The Balaban J connectivity index is 1.71. The Bertz CT molecular complexity index is 1020. The molecule has 0 atom stereocenters. The molecule has 12 heteroatoms. The summed E-state index contributed by atoms with van der Waals surface area (Å²) >= 11 is 2.50. The number of aromatic nitrogens is 5. The van der Waals surface area contributed by atoms with Crippen molar-refractivity contribution < 1.29 is 9.53 Å². The molecular weight excluding hydrogens is 366 g/mol.